The van der Waals surface area contributed by atoms with Crippen molar-refractivity contribution >= 4 is 11.9 Å². The van der Waals surface area contributed by atoms with Crippen LogP contribution in [0.2, 0.25) is 0 Å². The minimum atomic E-state index is -1.17. The second-order valence-corrected chi connectivity index (χ2v) is 3.07. The second kappa shape index (κ2) is 3.57. The highest BCUT2D eigenvalue weighted by Gasteiger charge is 2.26. The van der Waals surface area contributed by atoms with E-state index in [0.29, 0.717) is 6.42 Å². The number of carbonyl (C=O) groups is 2. The van der Waals surface area contributed by atoms with Crippen LogP contribution in [0.1, 0.15) is 19.3 Å². The Morgan fingerprint density at radius 2 is 1.77 bits per heavy atom. The Kier molecular flexibility index (Phi) is 2.67. The van der Waals surface area contributed by atoms with Gasteiger partial charge in [0.2, 0.25) is 0 Å². The van der Waals surface area contributed by atoms with Gasteiger partial charge in [-0.15, -0.1) is 0 Å². The molecule has 1 aliphatic carbocycles. The molecule has 13 heavy (non-hydrogen) atoms. The van der Waals surface area contributed by atoms with Gasteiger partial charge in [-0.2, -0.15) is 0 Å². The molecular formula is C8H11NO4. The van der Waals surface area contributed by atoms with E-state index in [1.807, 2.05) is 0 Å². The highest BCUT2D eigenvalue weighted by molar-refractivity contribution is 5.99. The van der Waals surface area contributed by atoms with Crippen LogP contribution in [0.4, 0.5) is 0 Å². The lowest BCUT2D eigenvalue weighted by Crippen LogP contribution is -2.29. The Morgan fingerprint density at radius 1 is 1.23 bits per heavy atom. The van der Waals surface area contributed by atoms with Crippen molar-refractivity contribution in [3.05, 3.63) is 11.1 Å². The summed E-state index contributed by atoms with van der Waals surface area (Å²) in [6.45, 7) is 0. The molecule has 0 fully saturated rings. The quantitative estimate of drug-likeness (QED) is 0.560. The van der Waals surface area contributed by atoms with Gasteiger partial charge in [-0.25, -0.2) is 9.59 Å². The Morgan fingerprint density at radius 3 is 2.23 bits per heavy atom. The predicted octanol–water partition coefficient (Wildman–Crippen LogP) is -0.0366. The van der Waals surface area contributed by atoms with E-state index in [1.54, 1.807) is 0 Å². The molecule has 0 radical (unpaired) electrons. The maximum atomic E-state index is 10.6. The first-order valence-corrected chi connectivity index (χ1v) is 3.96. The van der Waals surface area contributed by atoms with Crippen LogP contribution in [-0.2, 0) is 9.59 Å². The van der Waals surface area contributed by atoms with Crippen LogP contribution in [0.5, 0.6) is 0 Å². The van der Waals surface area contributed by atoms with Gasteiger partial charge >= 0.3 is 11.9 Å². The minimum Gasteiger partial charge on any atom is -0.478 e. The van der Waals surface area contributed by atoms with Crippen molar-refractivity contribution in [1.82, 2.24) is 0 Å². The lowest BCUT2D eigenvalue weighted by atomic mass is 9.89. The van der Waals surface area contributed by atoms with Gasteiger partial charge in [-0.3, -0.25) is 0 Å². The zero-order chi connectivity index (χ0) is 10.0. The molecule has 1 aliphatic rings. The fourth-order valence-electron chi connectivity index (χ4n) is 1.42. The molecule has 0 saturated carbocycles. The van der Waals surface area contributed by atoms with E-state index < -0.39 is 11.9 Å². The van der Waals surface area contributed by atoms with E-state index in [-0.39, 0.29) is 30.0 Å². The number of hydrogen-bond donors (Lipinski definition) is 3. The average Bonchev–Trinajstić information content (AvgIpc) is 2.03. The zero-order valence-corrected chi connectivity index (χ0v) is 6.99. The molecule has 0 amide bonds. The summed E-state index contributed by atoms with van der Waals surface area (Å²) in [7, 11) is 0. The number of carboxylic acids is 2. The maximum Gasteiger partial charge on any atom is 0.332 e. The fraction of sp³-hybridized carbons (Fsp3) is 0.500. The lowest BCUT2D eigenvalue weighted by Gasteiger charge is -2.19. The van der Waals surface area contributed by atoms with Crippen molar-refractivity contribution in [3.63, 3.8) is 0 Å². The third-order valence-corrected chi connectivity index (χ3v) is 2.11. The van der Waals surface area contributed by atoms with Gasteiger partial charge in [-0.1, -0.05) is 0 Å². The normalized spacial score (nSPS) is 23.0. The summed E-state index contributed by atoms with van der Waals surface area (Å²) in [5.41, 5.74) is 5.48. The fourth-order valence-corrected chi connectivity index (χ4v) is 1.42. The van der Waals surface area contributed by atoms with E-state index in [2.05, 4.69) is 0 Å². The van der Waals surface area contributed by atoms with Gasteiger partial charge in [0.05, 0.1) is 0 Å². The van der Waals surface area contributed by atoms with E-state index in [1.165, 1.54) is 0 Å². The van der Waals surface area contributed by atoms with E-state index >= 15 is 0 Å². The van der Waals surface area contributed by atoms with Crippen LogP contribution >= 0.6 is 0 Å². The van der Waals surface area contributed by atoms with Crippen molar-refractivity contribution in [2.24, 2.45) is 5.73 Å². The van der Waals surface area contributed by atoms with Crippen LogP contribution in [0.3, 0.4) is 0 Å². The number of carboxylic acid groups (broad SMARTS) is 2. The van der Waals surface area contributed by atoms with Gasteiger partial charge in [0, 0.05) is 17.2 Å². The summed E-state index contributed by atoms with van der Waals surface area (Å²) >= 11 is 0. The van der Waals surface area contributed by atoms with E-state index in [9.17, 15) is 9.59 Å². The van der Waals surface area contributed by atoms with E-state index in [0.717, 1.165) is 0 Å². The van der Waals surface area contributed by atoms with Gasteiger partial charge in [0.1, 0.15) is 0 Å². The summed E-state index contributed by atoms with van der Waals surface area (Å²) in [6, 6.07) is -0.228. The van der Waals surface area contributed by atoms with Gasteiger partial charge in [-0.05, 0) is 19.3 Å². The Bertz CT molecular complexity index is 282. The Labute approximate surface area is 74.8 Å². The number of nitrogens with two attached hydrogens (primary N) is 1. The van der Waals surface area contributed by atoms with Crippen molar-refractivity contribution in [3.8, 4) is 0 Å². The summed E-state index contributed by atoms with van der Waals surface area (Å²) in [5, 5.41) is 17.4. The first-order valence-electron chi connectivity index (χ1n) is 3.96. The molecular weight excluding hydrogens is 174 g/mol. The molecule has 5 heteroatoms. The standard InChI is InChI=1S/C8H11NO4/c9-4-1-2-5(7(10)11)6(3-4)8(12)13/h4H,1-3,9H2,(H,10,11)(H,12,13). The molecule has 5 nitrogen and oxygen atoms in total. The summed E-state index contributed by atoms with van der Waals surface area (Å²) in [5.74, 6) is -2.32. The molecule has 1 atom stereocenters. The topological polar surface area (TPSA) is 101 Å². The van der Waals surface area contributed by atoms with Gasteiger partial charge < -0.3 is 15.9 Å². The predicted molar refractivity (Wildman–Crippen MR) is 44.1 cm³/mol. The molecule has 72 valence electrons. The van der Waals surface area contributed by atoms with Crippen LogP contribution in [-0.4, -0.2) is 28.2 Å². The molecule has 1 rings (SSSR count). The van der Waals surface area contributed by atoms with Crippen LogP contribution in [0, 0.1) is 0 Å². The second-order valence-electron chi connectivity index (χ2n) is 3.07. The molecule has 0 spiro atoms. The van der Waals surface area contributed by atoms with Gasteiger partial charge in [0.25, 0.3) is 0 Å². The van der Waals surface area contributed by atoms with Crippen molar-refractivity contribution in [2.45, 2.75) is 25.3 Å². The molecule has 0 aromatic carbocycles. The van der Waals surface area contributed by atoms with Crippen molar-refractivity contribution in [2.75, 3.05) is 0 Å². The molecule has 0 bridgehead atoms. The van der Waals surface area contributed by atoms with Gasteiger partial charge in [0.15, 0.2) is 0 Å². The van der Waals surface area contributed by atoms with E-state index in [4.69, 9.17) is 15.9 Å². The molecule has 0 aromatic heterocycles. The summed E-state index contributed by atoms with van der Waals surface area (Å²) in [6.07, 6.45) is 0.938. The van der Waals surface area contributed by atoms with Crippen LogP contribution < -0.4 is 5.73 Å². The summed E-state index contributed by atoms with van der Waals surface area (Å²) < 4.78 is 0. The lowest BCUT2D eigenvalue weighted by molar-refractivity contribution is -0.136. The Balaban J connectivity index is 3.01. The number of hydrogen-bond acceptors (Lipinski definition) is 3. The molecule has 4 N–H and O–H groups in total. The first kappa shape index (κ1) is 9.73. The highest BCUT2D eigenvalue weighted by atomic mass is 16.4. The number of rotatable bonds is 2. The number of aliphatic carboxylic acids is 2. The largest absolute Gasteiger partial charge is 0.478 e. The third-order valence-electron chi connectivity index (χ3n) is 2.11. The molecule has 1 unspecified atom stereocenters. The molecule has 0 heterocycles. The minimum absolute atomic E-state index is 0.00537. The van der Waals surface area contributed by atoms with Crippen LogP contribution in [0.15, 0.2) is 11.1 Å². The highest BCUT2D eigenvalue weighted by Crippen LogP contribution is 2.24. The van der Waals surface area contributed by atoms with Crippen molar-refractivity contribution < 1.29 is 19.8 Å². The SMILES string of the molecule is NC1CCC(C(=O)O)=C(C(=O)O)C1. The maximum absolute atomic E-state index is 10.6. The third kappa shape index (κ3) is 2.06. The molecule has 0 saturated heterocycles. The molecule has 0 aliphatic heterocycles. The first-order chi connectivity index (χ1) is 6.02. The average molecular weight is 185 g/mol. The van der Waals surface area contributed by atoms with Crippen LogP contribution in [0.25, 0.3) is 0 Å². The molecule has 0 aromatic rings. The zero-order valence-electron chi connectivity index (χ0n) is 6.99. The summed E-state index contributed by atoms with van der Waals surface area (Å²) in [4.78, 5) is 21.3. The monoisotopic (exact) mass is 185 g/mol. The smallest absolute Gasteiger partial charge is 0.332 e. The van der Waals surface area contributed by atoms with Crippen molar-refractivity contribution in [1.29, 1.82) is 0 Å². The Hall–Kier alpha value is -1.36.